The zero-order chi connectivity index (χ0) is 19.2. The third kappa shape index (κ3) is 5.53. The van der Waals surface area contributed by atoms with Gasteiger partial charge >= 0.3 is 0 Å². The van der Waals surface area contributed by atoms with Crippen LogP contribution in [0.2, 0.25) is 0 Å². The lowest BCUT2D eigenvalue weighted by atomic mass is 10.2. The summed E-state index contributed by atoms with van der Waals surface area (Å²) in [6.07, 6.45) is 0.874. The number of anilines is 1. The predicted octanol–water partition coefficient (Wildman–Crippen LogP) is 1.95. The number of nitrogens with one attached hydrogen (secondary N) is 1. The number of phenolic OH excluding ortho intramolecular Hbond substituents is 1. The highest BCUT2D eigenvalue weighted by Crippen LogP contribution is 2.16. The van der Waals surface area contributed by atoms with Crippen LogP contribution in [0.3, 0.4) is 0 Å². The van der Waals surface area contributed by atoms with Crippen LogP contribution in [-0.4, -0.2) is 55.8 Å². The summed E-state index contributed by atoms with van der Waals surface area (Å²) in [5.41, 5.74) is 2.01. The second-order valence-corrected chi connectivity index (χ2v) is 7.18. The molecule has 27 heavy (non-hydrogen) atoms. The summed E-state index contributed by atoms with van der Waals surface area (Å²) in [7, 11) is 0. The van der Waals surface area contributed by atoms with E-state index in [4.69, 9.17) is 0 Å². The molecule has 1 heterocycles. The number of benzene rings is 2. The van der Waals surface area contributed by atoms with Crippen LogP contribution in [-0.2, 0) is 17.8 Å². The van der Waals surface area contributed by atoms with Crippen molar-refractivity contribution in [3.8, 4) is 5.75 Å². The van der Waals surface area contributed by atoms with Crippen molar-refractivity contribution in [1.29, 1.82) is 0 Å². The Morgan fingerprint density at radius 1 is 1.11 bits per heavy atom. The summed E-state index contributed by atoms with van der Waals surface area (Å²) in [5.74, 6) is 0.210. The van der Waals surface area contributed by atoms with Crippen LogP contribution in [0.4, 0.5) is 5.69 Å². The molecule has 0 bridgehead atoms. The molecule has 1 aliphatic heterocycles. The summed E-state index contributed by atoms with van der Waals surface area (Å²) < 4.78 is 23.6. The lowest BCUT2D eigenvalue weighted by Gasteiger charge is -2.22. The van der Waals surface area contributed by atoms with Gasteiger partial charge in [-0.1, -0.05) is 12.1 Å². The molecule has 0 aromatic heterocycles. The molecule has 1 unspecified atom stereocenters. The van der Waals surface area contributed by atoms with Gasteiger partial charge in [0.15, 0.2) is 0 Å². The number of phenols is 1. The summed E-state index contributed by atoms with van der Waals surface area (Å²) in [6.45, 7) is 3.69. The highest BCUT2D eigenvalue weighted by molar-refractivity contribution is 7.80. The molecule has 1 saturated heterocycles. The quantitative estimate of drug-likeness (QED) is 0.763. The van der Waals surface area contributed by atoms with Gasteiger partial charge in [0.25, 0.3) is 5.91 Å². The molecule has 3 rings (SSSR count). The minimum atomic E-state index is -2.38. The number of carbonyl (C=O) groups excluding carboxylic acids is 1. The van der Waals surface area contributed by atoms with Crippen molar-refractivity contribution in [2.24, 2.45) is 0 Å². The van der Waals surface area contributed by atoms with Gasteiger partial charge in [-0.15, -0.1) is 0 Å². The van der Waals surface area contributed by atoms with Gasteiger partial charge in [-0.05, 0) is 48.4 Å². The van der Waals surface area contributed by atoms with E-state index < -0.39 is 11.3 Å². The number of carbonyl (C=O) groups is 1. The van der Waals surface area contributed by atoms with E-state index in [2.05, 4.69) is 9.62 Å². The van der Waals surface area contributed by atoms with Crippen LogP contribution in [0.25, 0.3) is 0 Å². The monoisotopic (exact) mass is 388 g/mol. The number of hydrogen-bond donors (Lipinski definition) is 2. The molecule has 144 valence electrons. The van der Waals surface area contributed by atoms with Crippen molar-refractivity contribution in [3.05, 3.63) is 59.7 Å². The first kappa shape index (κ1) is 19.3. The van der Waals surface area contributed by atoms with Gasteiger partial charge in [0.1, 0.15) is 5.75 Å². The Balaban J connectivity index is 1.58. The standard InChI is InChI=1S/C19H23N3O4S/c23-18-4-1-3-15(13-18)14-21-9-2-10-22(12-11-21)19(24)16-5-7-17(8-6-16)20-27(25)26/h1,3-8,13,20,23H,2,9-12,14H2,(H,25,26)/p-1. The number of aromatic hydroxyl groups is 1. The van der Waals surface area contributed by atoms with Gasteiger partial charge < -0.3 is 19.3 Å². The van der Waals surface area contributed by atoms with Gasteiger partial charge in [-0.3, -0.25) is 13.9 Å². The molecule has 1 atom stereocenters. The number of nitrogens with zero attached hydrogens (tertiary/aromatic N) is 2. The average Bonchev–Trinajstić information content (AvgIpc) is 2.87. The molecular weight excluding hydrogens is 366 g/mol. The van der Waals surface area contributed by atoms with E-state index in [1.807, 2.05) is 17.0 Å². The molecule has 2 N–H and O–H groups in total. The molecule has 2 aromatic carbocycles. The number of hydrogen-bond acceptors (Lipinski definition) is 5. The first-order valence-corrected chi connectivity index (χ1v) is 9.84. The van der Waals surface area contributed by atoms with E-state index in [0.29, 0.717) is 24.3 Å². The van der Waals surface area contributed by atoms with E-state index in [9.17, 15) is 18.7 Å². The van der Waals surface area contributed by atoms with Crippen LogP contribution in [0.15, 0.2) is 48.5 Å². The Hall–Kier alpha value is -2.42. The van der Waals surface area contributed by atoms with Gasteiger partial charge in [0.05, 0.1) is 0 Å². The maximum absolute atomic E-state index is 12.7. The van der Waals surface area contributed by atoms with Gasteiger partial charge in [0.2, 0.25) is 0 Å². The van der Waals surface area contributed by atoms with Crippen molar-refractivity contribution in [2.75, 3.05) is 30.9 Å². The third-order valence-electron chi connectivity index (χ3n) is 4.53. The molecule has 0 saturated carbocycles. The highest BCUT2D eigenvalue weighted by atomic mass is 32.2. The van der Waals surface area contributed by atoms with E-state index >= 15 is 0 Å². The van der Waals surface area contributed by atoms with E-state index in [0.717, 1.165) is 31.6 Å². The van der Waals surface area contributed by atoms with Crippen LogP contribution in [0.1, 0.15) is 22.3 Å². The Morgan fingerprint density at radius 2 is 1.89 bits per heavy atom. The molecule has 7 nitrogen and oxygen atoms in total. The summed E-state index contributed by atoms with van der Waals surface area (Å²) in [6, 6.07) is 13.7. The minimum Gasteiger partial charge on any atom is -0.755 e. The molecule has 0 aliphatic carbocycles. The lowest BCUT2D eigenvalue weighted by molar-refractivity contribution is 0.0761. The zero-order valence-corrected chi connectivity index (χ0v) is 15.7. The van der Waals surface area contributed by atoms with Crippen molar-refractivity contribution in [2.45, 2.75) is 13.0 Å². The van der Waals surface area contributed by atoms with E-state index in [1.54, 1.807) is 36.4 Å². The molecule has 1 amide bonds. The Morgan fingerprint density at radius 3 is 2.59 bits per heavy atom. The van der Waals surface area contributed by atoms with Crippen LogP contribution in [0, 0.1) is 0 Å². The van der Waals surface area contributed by atoms with Crippen LogP contribution >= 0.6 is 0 Å². The number of amides is 1. The molecule has 1 aliphatic rings. The normalized spacial score (nSPS) is 16.6. The zero-order valence-electron chi connectivity index (χ0n) is 14.8. The van der Waals surface area contributed by atoms with Gasteiger partial charge in [-0.25, -0.2) is 0 Å². The lowest BCUT2D eigenvalue weighted by Crippen LogP contribution is -2.35. The Labute approximate surface area is 161 Å². The van der Waals surface area contributed by atoms with E-state index in [1.165, 1.54) is 0 Å². The number of rotatable bonds is 5. The average molecular weight is 388 g/mol. The summed E-state index contributed by atoms with van der Waals surface area (Å²) in [4.78, 5) is 16.8. The van der Waals surface area contributed by atoms with Gasteiger partial charge in [-0.2, -0.15) is 0 Å². The van der Waals surface area contributed by atoms with Crippen LogP contribution in [0.5, 0.6) is 5.75 Å². The summed E-state index contributed by atoms with van der Waals surface area (Å²) >= 11 is -2.38. The van der Waals surface area contributed by atoms with Crippen molar-refractivity contribution in [1.82, 2.24) is 9.80 Å². The molecular formula is C19H22N3O4S-. The fourth-order valence-corrected chi connectivity index (χ4v) is 3.53. The minimum absolute atomic E-state index is 0.0519. The first-order valence-electron chi connectivity index (χ1n) is 8.77. The second kappa shape index (κ2) is 8.98. The maximum atomic E-state index is 12.7. The van der Waals surface area contributed by atoms with Crippen LogP contribution < -0.4 is 4.72 Å². The van der Waals surface area contributed by atoms with Crippen molar-refractivity contribution >= 4 is 22.9 Å². The largest absolute Gasteiger partial charge is 0.755 e. The van der Waals surface area contributed by atoms with E-state index in [-0.39, 0.29) is 11.7 Å². The second-order valence-electron chi connectivity index (χ2n) is 6.51. The smallest absolute Gasteiger partial charge is 0.253 e. The molecule has 0 radical (unpaired) electrons. The van der Waals surface area contributed by atoms with Gasteiger partial charge in [0, 0.05) is 55.2 Å². The third-order valence-corrected chi connectivity index (χ3v) is 4.93. The van der Waals surface area contributed by atoms with Crippen molar-refractivity contribution < 1.29 is 18.7 Å². The highest BCUT2D eigenvalue weighted by Gasteiger charge is 2.20. The molecule has 1 fully saturated rings. The topological polar surface area (TPSA) is 95.9 Å². The fourth-order valence-electron chi connectivity index (χ4n) is 3.20. The molecule has 0 spiro atoms. The Bertz CT molecular complexity index is 813. The predicted molar refractivity (Wildman–Crippen MR) is 103 cm³/mol. The fraction of sp³-hybridized carbons (Fsp3) is 0.316. The first-order chi connectivity index (χ1) is 13.0. The Kier molecular flexibility index (Phi) is 6.44. The summed E-state index contributed by atoms with van der Waals surface area (Å²) in [5, 5.41) is 9.60. The SMILES string of the molecule is O=C(c1ccc(NS(=O)[O-])cc1)N1CCCN(Cc2cccc(O)c2)CC1. The maximum Gasteiger partial charge on any atom is 0.253 e. The molecule has 2 aromatic rings. The molecule has 8 heteroatoms. The van der Waals surface area contributed by atoms with Crippen molar-refractivity contribution in [3.63, 3.8) is 0 Å².